The minimum absolute atomic E-state index is 0.129. The first-order valence-electron chi connectivity index (χ1n) is 10.4. The predicted molar refractivity (Wildman–Crippen MR) is 144 cm³/mol. The molecule has 1 aliphatic rings. The smallest absolute Gasteiger partial charge is 0.270 e. The van der Waals surface area contributed by atoms with E-state index in [-0.39, 0.29) is 18.4 Å². The summed E-state index contributed by atoms with van der Waals surface area (Å²) in [6.45, 7) is 3.76. The first-order chi connectivity index (χ1) is 16.3. The second kappa shape index (κ2) is 10.4. The van der Waals surface area contributed by atoms with Gasteiger partial charge in [-0.15, -0.1) is 0 Å². The molecule has 0 radical (unpaired) electrons. The first kappa shape index (κ1) is 24.0. The van der Waals surface area contributed by atoms with E-state index in [1.165, 1.54) is 16.7 Å². The number of rotatable bonds is 6. The van der Waals surface area contributed by atoms with E-state index in [0.717, 1.165) is 22.4 Å². The zero-order valence-electron chi connectivity index (χ0n) is 18.5. The van der Waals surface area contributed by atoms with Crippen molar-refractivity contribution in [2.75, 3.05) is 16.8 Å². The Morgan fingerprint density at radius 3 is 2.47 bits per heavy atom. The number of anilines is 2. The molecule has 1 heterocycles. The van der Waals surface area contributed by atoms with Crippen molar-refractivity contribution in [1.29, 1.82) is 0 Å². The van der Waals surface area contributed by atoms with Crippen LogP contribution in [0.1, 0.15) is 16.7 Å². The lowest BCUT2D eigenvalue weighted by atomic mass is 10.1. The van der Waals surface area contributed by atoms with Crippen LogP contribution in [0, 0.1) is 13.8 Å². The molecule has 4 rings (SSSR count). The summed E-state index contributed by atoms with van der Waals surface area (Å²) in [5.41, 5.74) is 4.22. The molecule has 0 aromatic heterocycles. The molecule has 0 unspecified atom stereocenters. The number of thioether (sulfide) groups is 1. The fraction of sp³-hybridized carbons (Fsp3) is 0.115. The maximum Gasteiger partial charge on any atom is 0.270 e. The molecule has 1 aliphatic heterocycles. The molecular formula is C26H21ClN2O3S2. The van der Waals surface area contributed by atoms with Crippen LogP contribution in [0.5, 0.6) is 5.75 Å². The third kappa shape index (κ3) is 5.50. The number of aryl methyl sites for hydroxylation is 2. The minimum Gasteiger partial charge on any atom is -0.484 e. The Hall–Kier alpha value is -3.13. The summed E-state index contributed by atoms with van der Waals surface area (Å²) < 4.78 is 6.15. The van der Waals surface area contributed by atoms with Gasteiger partial charge in [-0.05, 0) is 73.0 Å². The number of ether oxygens (including phenoxy) is 1. The van der Waals surface area contributed by atoms with Gasteiger partial charge in [-0.1, -0.05) is 65.9 Å². The number of benzene rings is 3. The molecule has 0 atom stereocenters. The Labute approximate surface area is 212 Å². The van der Waals surface area contributed by atoms with E-state index in [1.807, 2.05) is 44.2 Å². The molecule has 3 aromatic rings. The van der Waals surface area contributed by atoms with Gasteiger partial charge in [-0.2, -0.15) is 0 Å². The highest BCUT2D eigenvalue weighted by Crippen LogP contribution is 2.36. The third-order valence-corrected chi connectivity index (χ3v) is 6.70. The van der Waals surface area contributed by atoms with Crippen molar-refractivity contribution in [3.05, 3.63) is 93.3 Å². The Bertz CT molecular complexity index is 1290. The number of carbonyl (C=O) groups excluding carboxylic acids is 2. The van der Waals surface area contributed by atoms with Gasteiger partial charge in [0.25, 0.3) is 11.8 Å². The lowest BCUT2D eigenvalue weighted by Crippen LogP contribution is -2.27. The fourth-order valence-electron chi connectivity index (χ4n) is 3.46. The van der Waals surface area contributed by atoms with Gasteiger partial charge in [-0.3, -0.25) is 14.5 Å². The highest BCUT2D eigenvalue weighted by atomic mass is 35.5. The van der Waals surface area contributed by atoms with Crippen molar-refractivity contribution in [2.45, 2.75) is 13.8 Å². The van der Waals surface area contributed by atoms with Crippen molar-refractivity contribution >= 4 is 69.2 Å². The fourth-order valence-corrected chi connectivity index (χ4v) is 4.89. The SMILES string of the molecule is Cc1cccc(C)c1NC(=O)COc1cccc(/C=C2\SC(=S)N(c3ccc(Cl)cc3)C2=O)c1. The van der Waals surface area contributed by atoms with Gasteiger partial charge in [0.15, 0.2) is 10.9 Å². The number of nitrogens with one attached hydrogen (secondary N) is 1. The van der Waals surface area contributed by atoms with Crippen LogP contribution in [0.25, 0.3) is 6.08 Å². The van der Waals surface area contributed by atoms with Crippen LogP contribution in [-0.2, 0) is 9.59 Å². The van der Waals surface area contributed by atoms with Crippen molar-refractivity contribution in [3.63, 3.8) is 0 Å². The Morgan fingerprint density at radius 2 is 1.76 bits per heavy atom. The van der Waals surface area contributed by atoms with Crippen molar-refractivity contribution < 1.29 is 14.3 Å². The second-order valence-electron chi connectivity index (χ2n) is 7.67. The van der Waals surface area contributed by atoms with E-state index >= 15 is 0 Å². The highest BCUT2D eigenvalue weighted by molar-refractivity contribution is 8.27. The molecule has 1 N–H and O–H groups in total. The molecule has 0 spiro atoms. The standard InChI is InChI=1S/C26H21ClN2O3S2/c1-16-5-3-6-17(2)24(16)28-23(30)15-32-21-8-4-7-18(13-21)14-22-25(31)29(26(33)34-22)20-11-9-19(27)10-12-20/h3-14H,15H2,1-2H3,(H,28,30)/b22-14-. The average Bonchev–Trinajstić information content (AvgIpc) is 3.08. The van der Waals surface area contributed by atoms with Crippen LogP contribution < -0.4 is 15.0 Å². The third-order valence-electron chi connectivity index (χ3n) is 5.15. The number of hydrogen-bond donors (Lipinski definition) is 1. The van der Waals surface area contributed by atoms with Gasteiger partial charge in [0.2, 0.25) is 0 Å². The summed E-state index contributed by atoms with van der Waals surface area (Å²) in [5, 5.41) is 3.49. The van der Waals surface area contributed by atoms with E-state index in [1.54, 1.807) is 42.5 Å². The molecule has 3 aromatic carbocycles. The first-order valence-corrected chi connectivity index (χ1v) is 12.0. The number of carbonyl (C=O) groups is 2. The Kier molecular flexibility index (Phi) is 7.36. The average molecular weight is 509 g/mol. The van der Waals surface area contributed by atoms with Crippen LogP contribution >= 0.6 is 35.6 Å². The second-order valence-corrected chi connectivity index (χ2v) is 9.78. The van der Waals surface area contributed by atoms with Gasteiger partial charge in [0.1, 0.15) is 5.75 Å². The van der Waals surface area contributed by atoms with Crippen molar-refractivity contribution in [1.82, 2.24) is 0 Å². The molecule has 34 heavy (non-hydrogen) atoms. The predicted octanol–water partition coefficient (Wildman–Crippen LogP) is 6.38. The largest absolute Gasteiger partial charge is 0.484 e. The van der Waals surface area contributed by atoms with Gasteiger partial charge in [0, 0.05) is 10.7 Å². The van der Waals surface area contributed by atoms with Gasteiger partial charge < -0.3 is 10.1 Å². The van der Waals surface area contributed by atoms with E-state index in [2.05, 4.69) is 5.32 Å². The Balaban J connectivity index is 1.43. The zero-order valence-corrected chi connectivity index (χ0v) is 20.9. The topological polar surface area (TPSA) is 58.6 Å². The summed E-state index contributed by atoms with van der Waals surface area (Å²) in [4.78, 5) is 27.4. The molecule has 0 saturated carbocycles. The summed E-state index contributed by atoms with van der Waals surface area (Å²) in [6, 6.07) is 20.0. The monoisotopic (exact) mass is 508 g/mol. The van der Waals surface area contributed by atoms with Gasteiger partial charge >= 0.3 is 0 Å². The normalized spacial score (nSPS) is 14.6. The maximum atomic E-state index is 13.0. The molecular weight excluding hydrogens is 488 g/mol. The molecule has 172 valence electrons. The van der Waals surface area contributed by atoms with Crippen LogP contribution in [0.2, 0.25) is 5.02 Å². The van der Waals surface area contributed by atoms with Crippen LogP contribution in [-0.4, -0.2) is 22.7 Å². The number of halogens is 1. The van der Waals surface area contributed by atoms with Crippen LogP contribution in [0.15, 0.2) is 71.6 Å². The minimum atomic E-state index is -0.244. The maximum absolute atomic E-state index is 13.0. The number of amides is 2. The summed E-state index contributed by atoms with van der Waals surface area (Å²) in [6.07, 6.45) is 1.76. The van der Waals surface area contributed by atoms with E-state index < -0.39 is 0 Å². The molecule has 2 amide bonds. The zero-order chi connectivity index (χ0) is 24.2. The van der Waals surface area contributed by atoms with E-state index in [9.17, 15) is 9.59 Å². The molecule has 0 aliphatic carbocycles. The molecule has 1 saturated heterocycles. The number of thiocarbonyl (C=S) groups is 1. The lowest BCUT2D eigenvalue weighted by Gasteiger charge is -2.14. The van der Waals surface area contributed by atoms with Gasteiger partial charge in [-0.25, -0.2) is 0 Å². The lowest BCUT2D eigenvalue weighted by molar-refractivity contribution is -0.118. The molecule has 8 heteroatoms. The summed E-state index contributed by atoms with van der Waals surface area (Å²) in [7, 11) is 0. The quantitative estimate of drug-likeness (QED) is 0.309. The molecule has 5 nitrogen and oxygen atoms in total. The van der Waals surface area contributed by atoms with Crippen LogP contribution in [0.4, 0.5) is 11.4 Å². The summed E-state index contributed by atoms with van der Waals surface area (Å²) >= 11 is 12.6. The van der Waals surface area contributed by atoms with E-state index in [0.29, 0.717) is 25.7 Å². The highest BCUT2D eigenvalue weighted by Gasteiger charge is 2.33. The molecule has 0 bridgehead atoms. The Morgan fingerprint density at radius 1 is 1.09 bits per heavy atom. The van der Waals surface area contributed by atoms with Crippen molar-refractivity contribution in [3.8, 4) is 5.75 Å². The number of para-hydroxylation sites is 1. The summed E-state index contributed by atoms with van der Waals surface area (Å²) in [5.74, 6) is 0.0850. The molecule has 1 fully saturated rings. The number of hydrogen-bond acceptors (Lipinski definition) is 5. The van der Waals surface area contributed by atoms with Gasteiger partial charge in [0.05, 0.1) is 10.6 Å². The van der Waals surface area contributed by atoms with Crippen LogP contribution in [0.3, 0.4) is 0 Å². The van der Waals surface area contributed by atoms with E-state index in [4.69, 9.17) is 28.6 Å². The van der Waals surface area contributed by atoms with Crippen molar-refractivity contribution in [2.24, 2.45) is 0 Å². The number of nitrogens with zero attached hydrogens (tertiary/aromatic N) is 1.